The molecule has 23 heavy (non-hydrogen) atoms. The Bertz CT molecular complexity index is 706. The maximum absolute atomic E-state index is 11.6. The zero-order chi connectivity index (χ0) is 16.8. The van der Waals surface area contributed by atoms with Crippen LogP contribution in [0.4, 0.5) is 15.6 Å². The van der Waals surface area contributed by atoms with Crippen molar-refractivity contribution in [3.8, 4) is 5.75 Å². The molecule has 3 amide bonds. The zero-order valence-corrected chi connectivity index (χ0v) is 14.0. The van der Waals surface area contributed by atoms with Crippen LogP contribution in [0.15, 0.2) is 28.6 Å². The van der Waals surface area contributed by atoms with Gasteiger partial charge < -0.3 is 15.8 Å². The number of methoxy groups -OCH3 is 1. The minimum atomic E-state index is -0.875. The van der Waals surface area contributed by atoms with Crippen molar-refractivity contribution in [3.05, 3.63) is 24.3 Å². The van der Waals surface area contributed by atoms with Gasteiger partial charge in [-0.2, -0.15) is 0 Å². The molecule has 0 radical (unpaired) electrons. The van der Waals surface area contributed by atoms with E-state index < -0.39 is 17.2 Å². The van der Waals surface area contributed by atoms with Gasteiger partial charge in [-0.05, 0) is 19.1 Å². The highest BCUT2D eigenvalue weighted by Crippen LogP contribution is 2.31. The fourth-order valence-corrected chi connectivity index (χ4v) is 3.48. The third-order valence-electron chi connectivity index (χ3n) is 2.62. The lowest BCUT2D eigenvalue weighted by Gasteiger charge is -2.06. The van der Waals surface area contributed by atoms with E-state index in [9.17, 15) is 9.59 Å². The monoisotopic (exact) mass is 353 g/mol. The summed E-state index contributed by atoms with van der Waals surface area (Å²) in [6.45, 7) is 1.65. The number of anilines is 2. The molecule has 0 unspecified atom stereocenters. The van der Waals surface area contributed by atoms with Crippen molar-refractivity contribution in [1.29, 1.82) is 0 Å². The highest BCUT2D eigenvalue weighted by Gasteiger charge is 2.18. The van der Waals surface area contributed by atoms with Crippen LogP contribution in [-0.2, 0) is 4.79 Å². The Morgan fingerprint density at radius 2 is 2.17 bits per heavy atom. The van der Waals surface area contributed by atoms with E-state index in [2.05, 4.69) is 15.5 Å². The van der Waals surface area contributed by atoms with Gasteiger partial charge in [0.25, 0.3) is 0 Å². The molecule has 2 rings (SSSR count). The SMILES string of the molecule is COc1cccc(Nc2nnc(S[C@H](C)C(=O)NC(N)=O)s2)c1. The molecule has 0 spiro atoms. The summed E-state index contributed by atoms with van der Waals surface area (Å²) < 4.78 is 5.75. The number of benzene rings is 1. The predicted octanol–water partition coefficient (Wildman–Crippen LogP) is 1.97. The van der Waals surface area contributed by atoms with Gasteiger partial charge in [-0.25, -0.2) is 4.79 Å². The zero-order valence-electron chi connectivity index (χ0n) is 12.4. The second kappa shape index (κ2) is 7.79. The Morgan fingerprint density at radius 1 is 1.39 bits per heavy atom. The summed E-state index contributed by atoms with van der Waals surface area (Å²) in [4.78, 5) is 22.3. The van der Waals surface area contributed by atoms with Crippen molar-refractivity contribution < 1.29 is 14.3 Å². The van der Waals surface area contributed by atoms with Crippen molar-refractivity contribution in [1.82, 2.24) is 15.5 Å². The molecule has 0 bridgehead atoms. The fourth-order valence-electron chi connectivity index (χ4n) is 1.56. The molecule has 1 atom stereocenters. The molecule has 10 heteroatoms. The maximum atomic E-state index is 11.6. The van der Waals surface area contributed by atoms with Gasteiger partial charge in [-0.3, -0.25) is 10.1 Å². The first-order chi connectivity index (χ1) is 11.0. The van der Waals surface area contributed by atoms with Crippen molar-refractivity contribution in [2.75, 3.05) is 12.4 Å². The van der Waals surface area contributed by atoms with Crippen LogP contribution >= 0.6 is 23.1 Å². The van der Waals surface area contributed by atoms with Crippen LogP contribution < -0.4 is 21.1 Å². The molecular weight excluding hydrogens is 338 g/mol. The van der Waals surface area contributed by atoms with Crippen LogP contribution in [0.2, 0.25) is 0 Å². The Labute approximate surface area is 140 Å². The number of hydrogen-bond acceptors (Lipinski definition) is 8. The molecule has 4 N–H and O–H groups in total. The van der Waals surface area contributed by atoms with Crippen molar-refractivity contribution in [3.63, 3.8) is 0 Å². The second-order valence-electron chi connectivity index (χ2n) is 4.34. The number of ether oxygens (including phenoxy) is 1. The van der Waals surface area contributed by atoms with E-state index in [1.807, 2.05) is 29.6 Å². The molecule has 0 fully saturated rings. The number of nitrogens with one attached hydrogen (secondary N) is 2. The van der Waals surface area contributed by atoms with E-state index in [4.69, 9.17) is 10.5 Å². The summed E-state index contributed by atoms with van der Waals surface area (Å²) in [5.74, 6) is 0.255. The first-order valence-electron chi connectivity index (χ1n) is 6.49. The molecule has 2 aromatic rings. The summed E-state index contributed by atoms with van der Waals surface area (Å²) in [5, 5.41) is 13.2. The quantitative estimate of drug-likeness (QED) is 0.679. The number of carbonyl (C=O) groups excluding carboxylic acids is 2. The number of imide groups is 1. The molecule has 122 valence electrons. The molecular formula is C13H15N5O3S2. The lowest BCUT2D eigenvalue weighted by molar-refractivity contribution is -0.119. The molecule has 0 aliphatic rings. The number of thioether (sulfide) groups is 1. The number of amides is 3. The molecule has 1 heterocycles. The summed E-state index contributed by atoms with van der Waals surface area (Å²) >= 11 is 2.49. The van der Waals surface area contributed by atoms with E-state index >= 15 is 0 Å². The Hall–Kier alpha value is -2.33. The van der Waals surface area contributed by atoms with Crippen LogP contribution in [0.25, 0.3) is 0 Å². The van der Waals surface area contributed by atoms with E-state index in [-0.39, 0.29) is 0 Å². The molecule has 0 saturated carbocycles. The van der Waals surface area contributed by atoms with E-state index in [1.54, 1.807) is 14.0 Å². The average Bonchev–Trinajstić information content (AvgIpc) is 2.93. The van der Waals surface area contributed by atoms with Gasteiger partial charge in [0.1, 0.15) is 5.75 Å². The highest BCUT2D eigenvalue weighted by molar-refractivity contribution is 8.02. The van der Waals surface area contributed by atoms with Crippen LogP contribution in [-0.4, -0.2) is 34.5 Å². The number of rotatable bonds is 6. The Balaban J connectivity index is 1.97. The maximum Gasteiger partial charge on any atom is 0.318 e. The normalized spacial score (nSPS) is 11.6. The number of nitrogens with two attached hydrogens (primary N) is 1. The number of aromatic nitrogens is 2. The minimum absolute atomic E-state index is 0.472. The van der Waals surface area contributed by atoms with Crippen molar-refractivity contribution >= 4 is 45.9 Å². The van der Waals surface area contributed by atoms with E-state index in [0.29, 0.717) is 9.47 Å². The molecule has 0 aliphatic carbocycles. The first kappa shape index (κ1) is 17.0. The second-order valence-corrected chi connectivity index (χ2v) is 6.91. The summed E-state index contributed by atoms with van der Waals surface area (Å²) in [6, 6.07) is 6.52. The molecule has 0 aliphatic heterocycles. The molecule has 0 saturated heterocycles. The van der Waals surface area contributed by atoms with Gasteiger partial charge in [0.05, 0.1) is 12.4 Å². The lowest BCUT2D eigenvalue weighted by atomic mass is 10.3. The largest absolute Gasteiger partial charge is 0.497 e. The van der Waals surface area contributed by atoms with Gasteiger partial charge in [-0.15, -0.1) is 10.2 Å². The van der Waals surface area contributed by atoms with Crippen LogP contribution in [0.1, 0.15) is 6.92 Å². The summed E-state index contributed by atoms with van der Waals surface area (Å²) in [7, 11) is 1.59. The summed E-state index contributed by atoms with van der Waals surface area (Å²) in [6.07, 6.45) is 0. The Morgan fingerprint density at radius 3 is 2.87 bits per heavy atom. The van der Waals surface area contributed by atoms with Crippen molar-refractivity contribution in [2.45, 2.75) is 16.5 Å². The van der Waals surface area contributed by atoms with Gasteiger partial charge in [0, 0.05) is 11.8 Å². The van der Waals surface area contributed by atoms with E-state index in [1.165, 1.54) is 23.1 Å². The van der Waals surface area contributed by atoms with Crippen molar-refractivity contribution in [2.24, 2.45) is 5.73 Å². The minimum Gasteiger partial charge on any atom is -0.497 e. The third-order valence-corrected chi connectivity index (χ3v) is 4.64. The topological polar surface area (TPSA) is 119 Å². The predicted molar refractivity (Wildman–Crippen MR) is 89.2 cm³/mol. The average molecular weight is 353 g/mol. The summed E-state index contributed by atoms with van der Waals surface area (Å²) in [5.41, 5.74) is 5.73. The standard InChI is InChI=1S/C13H15N5O3S2/c1-7(10(19)16-11(14)20)22-13-18-17-12(23-13)15-8-4-3-5-9(6-8)21-2/h3-7H,1-2H3,(H,15,17)(H3,14,16,19,20)/t7-/m1/s1. The number of carbonyl (C=O) groups is 2. The van der Waals surface area contributed by atoms with Crippen LogP contribution in [0, 0.1) is 0 Å². The molecule has 8 nitrogen and oxygen atoms in total. The fraction of sp³-hybridized carbons (Fsp3) is 0.231. The van der Waals surface area contributed by atoms with Gasteiger partial charge in [-0.1, -0.05) is 29.2 Å². The van der Waals surface area contributed by atoms with Gasteiger partial charge in [0.2, 0.25) is 11.0 Å². The third kappa shape index (κ3) is 5.11. The molecule has 1 aromatic heterocycles. The highest BCUT2D eigenvalue weighted by atomic mass is 32.2. The Kier molecular flexibility index (Phi) is 5.77. The van der Waals surface area contributed by atoms with Gasteiger partial charge in [0.15, 0.2) is 4.34 Å². The smallest absolute Gasteiger partial charge is 0.318 e. The number of hydrogen-bond donors (Lipinski definition) is 3. The van der Waals surface area contributed by atoms with E-state index in [0.717, 1.165) is 11.4 Å². The first-order valence-corrected chi connectivity index (χ1v) is 8.19. The number of urea groups is 1. The van der Waals surface area contributed by atoms with Gasteiger partial charge >= 0.3 is 6.03 Å². The van der Waals surface area contributed by atoms with Crippen LogP contribution in [0.3, 0.4) is 0 Å². The number of primary amides is 1. The van der Waals surface area contributed by atoms with Crippen LogP contribution in [0.5, 0.6) is 5.75 Å². The molecule has 1 aromatic carbocycles. The number of nitrogens with zero attached hydrogens (tertiary/aromatic N) is 2. The lowest BCUT2D eigenvalue weighted by Crippen LogP contribution is -2.39.